The molecule has 2 N–H and O–H groups in total. The molecule has 2 heterocycles. The molecule has 2 aromatic heterocycles. The number of hydrogen-bond acceptors (Lipinski definition) is 5. The molecule has 8 heteroatoms. The van der Waals surface area contributed by atoms with E-state index in [1.165, 1.54) is 6.26 Å². The Morgan fingerprint density at radius 3 is 2.59 bits per heavy atom. The van der Waals surface area contributed by atoms with E-state index >= 15 is 0 Å². The van der Waals surface area contributed by atoms with Crippen LogP contribution in [0.3, 0.4) is 0 Å². The largest absolute Gasteiger partial charge is 0.497 e. The van der Waals surface area contributed by atoms with E-state index in [9.17, 15) is 9.00 Å². The number of rotatable bonds is 4. The van der Waals surface area contributed by atoms with Crippen LogP contribution in [-0.2, 0) is 16.3 Å². The number of nitrogens with one attached hydrogen (secondary N) is 2. The van der Waals surface area contributed by atoms with Gasteiger partial charge in [0.25, 0.3) is 5.56 Å². The van der Waals surface area contributed by atoms with Crippen LogP contribution in [0.5, 0.6) is 5.75 Å². The second-order valence-electron chi connectivity index (χ2n) is 6.42. The second kappa shape index (κ2) is 6.24. The maximum absolute atomic E-state index is 12.4. The van der Waals surface area contributed by atoms with Crippen LogP contribution < -0.4 is 10.3 Å². The fourth-order valence-electron chi connectivity index (χ4n) is 3.26. The van der Waals surface area contributed by atoms with E-state index in [4.69, 9.17) is 9.52 Å². The molecule has 0 radical (unpaired) electrons. The van der Waals surface area contributed by atoms with E-state index in [-0.39, 0.29) is 5.56 Å². The first-order valence-corrected chi connectivity index (χ1v) is 10.2. The van der Waals surface area contributed by atoms with Gasteiger partial charge in [-0.05, 0) is 29.8 Å². The van der Waals surface area contributed by atoms with E-state index in [1.807, 2.05) is 34.9 Å². The Morgan fingerprint density at radius 1 is 1.19 bits per heavy atom. The van der Waals surface area contributed by atoms with Crippen molar-refractivity contribution in [2.24, 2.45) is 0 Å². The summed E-state index contributed by atoms with van der Waals surface area (Å²) in [5.41, 5.74) is 2.32. The average Bonchev–Trinajstić information content (AvgIpc) is 2.96. The molecule has 0 saturated carbocycles. The highest BCUT2D eigenvalue weighted by Gasteiger charge is 2.15. The van der Waals surface area contributed by atoms with Gasteiger partial charge in [-0.15, -0.1) is 0 Å². The first kappa shape index (κ1) is 17.3. The van der Waals surface area contributed by atoms with Crippen LogP contribution in [0.4, 0.5) is 0 Å². The Bertz CT molecular complexity index is 1320. The molecule has 4 aromatic rings. The number of aromatic amines is 1. The number of hydrogen-bond donors (Lipinski definition) is 2. The molecule has 0 aliphatic heterocycles. The number of nitrogens with zero attached hydrogens (tertiary/aromatic N) is 2. The van der Waals surface area contributed by atoms with Crippen LogP contribution in [-0.4, -0.2) is 32.3 Å². The lowest BCUT2D eigenvalue weighted by Gasteiger charge is -2.09. The van der Waals surface area contributed by atoms with Crippen molar-refractivity contribution < 1.29 is 8.95 Å². The molecule has 0 aliphatic rings. The molecule has 0 spiro atoms. The molecule has 27 heavy (non-hydrogen) atoms. The Hall–Kier alpha value is -3.13. The van der Waals surface area contributed by atoms with Crippen molar-refractivity contribution in [1.82, 2.24) is 14.8 Å². The fourth-order valence-corrected chi connectivity index (χ4v) is 3.92. The minimum Gasteiger partial charge on any atom is -0.497 e. The van der Waals surface area contributed by atoms with Crippen LogP contribution in [0.25, 0.3) is 21.8 Å². The second-order valence-corrected chi connectivity index (χ2v) is 8.57. The minimum absolute atomic E-state index is 0.239. The molecule has 1 atom stereocenters. The molecule has 0 fully saturated rings. The minimum atomic E-state index is -2.74. The number of methoxy groups -OCH3 is 1. The van der Waals surface area contributed by atoms with Crippen molar-refractivity contribution in [2.45, 2.75) is 11.4 Å². The molecule has 138 valence electrons. The van der Waals surface area contributed by atoms with Gasteiger partial charge in [-0.1, -0.05) is 12.1 Å². The number of aromatic nitrogens is 3. The quantitative estimate of drug-likeness (QED) is 0.566. The van der Waals surface area contributed by atoms with Gasteiger partial charge in [0.15, 0.2) is 0 Å². The van der Waals surface area contributed by atoms with Crippen molar-refractivity contribution in [3.05, 3.63) is 64.6 Å². The number of benzene rings is 2. The van der Waals surface area contributed by atoms with Gasteiger partial charge in [-0.25, -0.2) is 14.1 Å². The summed E-state index contributed by atoms with van der Waals surface area (Å²) in [6, 6.07) is 12.7. The highest BCUT2D eigenvalue weighted by atomic mass is 32.2. The first-order valence-electron chi connectivity index (χ1n) is 8.25. The predicted molar refractivity (Wildman–Crippen MR) is 105 cm³/mol. The van der Waals surface area contributed by atoms with Gasteiger partial charge in [-0.2, -0.15) is 5.10 Å². The summed E-state index contributed by atoms with van der Waals surface area (Å²) < 4.78 is 26.9. The zero-order valence-corrected chi connectivity index (χ0v) is 15.7. The van der Waals surface area contributed by atoms with E-state index in [0.717, 1.165) is 22.0 Å². The normalized spacial score (nSPS) is 13.7. The van der Waals surface area contributed by atoms with Crippen LogP contribution in [0.15, 0.2) is 58.4 Å². The molecule has 0 saturated heterocycles. The fraction of sp³-hybridized carbons (Fsp3) is 0.158. The lowest BCUT2D eigenvalue weighted by Crippen LogP contribution is -2.08. The van der Waals surface area contributed by atoms with Gasteiger partial charge in [0.2, 0.25) is 0 Å². The average molecular weight is 382 g/mol. The molecule has 1 unspecified atom stereocenters. The smallest absolute Gasteiger partial charge is 0.274 e. The number of fused-ring (bicyclic) bond motifs is 3. The third-order valence-electron chi connectivity index (χ3n) is 4.61. The van der Waals surface area contributed by atoms with Crippen LogP contribution in [0.1, 0.15) is 5.56 Å². The Labute approximate surface area is 155 Å². The molecule has 2 aromatic carbocycles. The Kier molecular flexibility index (Phi) is 4.00. The highest BCUT2D eigenvalue weighted by molar-refractivity contribution is 7.91. The lowest BCUT2D eigenvalue weighted by molar-refractivity contribution is 0.415. The van der Waals surface area contributed by atoms with Crippen LogP contribution in [0, 0.1) is 4.78 Å². The van der Waals surface area contributed by atoms with E-state index < -0.39 is 9.73 Å². The SMILES string of the molecule is COc1ccc2c3c(=O)[nH]ncc3n(Cc3ccc(S(C)(=N)=O)cc3)c2c1. The number of ether oxygens (including phenoxy) is 1. The van der Waals surface area contributed by atoms with Gasteiger partial charge in [0.05, 0.1) is 39.5 Å². The van der Waals surface area contributed by atoms with Gasteiger partial charge in [-0.3, -0.25) is 4.79 Å². The van der Waals surface area contributed by atoms with Crippen LogP contribution >= 0.6 is 0 Å². The molecule has 7 nitrogen and oxygen atoms in total. The van der Waals surface area contributed by atoms with Crippen molar-refractivity contribution >= 4 is 31.5 Å². The van der Waals surface area contributed by atoms with Crippen molar-refractivity contribution in [2.75, 3.05) is 13.4 Å². The molecular formula is C19H18N4O3S. The van der Waals surface area contributed by atoms with E-state index in [1.54, 1.807) is 25.4 Å². The monoisotopic (exact) mass is 382 g/mol. The summed E-state index contributed by atoms with van der Waals surface area (Å²) in [6.45, 7) is 0.501. The summed E-state index contributed by atoms with van der Waals surface area (Å²) in [5.74, 6) is 0.700. The van der Waals surface area contributed by atoms with E-state index in [0.29, 0.717) is 22.6 Å². The maximum Gasteiger partial charge on any atom is 0.274 e. The lowest BCUT2D eigenvalue weighted by atomic mass is 10.2. The molecule has 0 amide bonds. The van der Waals surface area contributed by atoms with Crippen molar-refractivity contribution in [3.8, 4) is 5.75 Å². The first-order chi connectivity index (χ1) is 12.9. The van der Waals surface area contributed by atoms with Gasteiger partial charge in [0.1, 0.15) is 5.75 Å². The van der Waals surface area contributed by atoms with Crippen LogP contribution in [0.2, 0.25) is 0 Å². The van der Waals surface area contributed by atoms with Gasteiger partial charge < -0.3 is 9.30 Å². The molecule has 0 aliphatic carbocycles. The van der Waals surface area contributed by atoms with Gasteiger partial charge in [0, 0.05) is 29.1 Å². The summed E-state index contributed by atoms with van der Waals surface area (Å²) in [7, 11) is -1.14. The zero-order chi connectivity index (χ0) is 19.2. The Balaban J connectivity index is 1.91. The van der Waals surface area contributed by atoms with Crippen molar-refractivity contribution in [3.63, 3.8) is 0 Å². The number of H-pyrrole nitrogens is 1. The summed E-state index contributed by atoms with van der Waals surface area (Å²) in [5, 5.41) is 7.85. The molecular weight excluding hydrogens is 364 g/mol. The van der Waals surface area contributed by atoms with Crippen molar-refractivity contribution in [1.29, 1.82) is 4.78 Å². The topological polar surface area (TPSA) is 101 Å². The Morgan fingerprint density at radius 2 is 1.93 bits per heavy atom. The summed E-state index contributed by atoms with van der Waals surface area (Å²) >= 11 is 0. The predicted octanol–water partition coefficient (Wildman–Crippen LogP) is 2.97. The van der Waals surface area contributed by atoms with Gasteiger partial charge >= 0.3 is 0 Å². The third-order valence-corrected chi connectivity index (χ3v) is 5.78. The highest BCUT2D eigenvalue weighted by Crippen LogP contribution is 2.30. The summed E-state index contributed by atoms with van der Waals surface area (Å²) in [4.78, 5) is 12.8. The summed E-state index contributed by atoms with van der Waals surface area (Å²) in [6.07, 6.45) is 3.04. The molecule has 4 rings (SSSR count). The zero-order valence-electron chi connectivity index (χ0n) is 14.9. The van der Waals surface area contributed by atoms with E-state index in [2.05, 4.69) is 10.2 Å². The maximum atomic E-state index is 12.4. The standard InChI is InChI=1S/C19H18N4O3S/c1-26-13-5-8-15-16(9-13)23(17-10-21-22-19(24)18(15)17)11-12-3-6-14(7-4-12)27(2,20)25/h3-10,20H,11H2,1-2H3,(H,22,24). The molecule has 0 bridgehead atoms. The third kappa shape index (κ3) is 2.97.